The van der Waals surface area contributed by atoms with Gasteiger partial charge in [-0.3, -0.25) is 14.4 Å². The first kappa shape index (κ1) is 70.8. The van der Waals surface area contributed by atoms with E-state index >= 15 is 0 Å². The van der Waals surface area contributed by atoms with Gasteiger partial charge < -0.3 is 14.2 Å². The van der Waals surface area contributed by atoms with Gasteiger partial charge in [0.05, 0.1) is 0 Å². The van der Waals surface area contributed by atoms with Crippen molar-refractivity contribution in [3.63, 3.8) is 0 Å². The molecule has 0 aliphatic heterocycles. The first-order valence-corrected chi connectivity index (χ1v) is 31.9. The molecule has 6 heteroatoms. The van der Waals surface area contributed by atoms with Crippen LogP contribution in [0.15, 0.2) is 72.9 Å². The summed E-state index contributed by atoms with van der Waals surface area (Å²) in [7, 11) is 0. The van der Waals surface area contributed by atoms with E-state index in [4.69, 9.17) is 14.2 Å². The van der Waals surface area contributed by atoms with Crippen LogP contribution >= 0.6 is 0 Å². The number of carbonyl (C=O) groups is 3. The molecule has 0 radical (unpaired) electrons. The molecule has 74 heavy (non-hydrogen) atoms. The molecule has 0 aromatic heterocycles. The zero-order chi connectivity index (χ0) is 53.6. The minimum absolute atomic E-state index is 0.0837. The largest absolute Gasteiger partial charge is 0.462 e. The summed E-state index contributed by atoms with van der Waals surface area (Å²) in [5.41, 5.74) is 0. The Bertz CT molecular complexity index is 1370. The molecular weight excluding hydrogens is 913 g/mol. The zero-order valence-corrected chi connectivity index (χ0v) is 49.1. The molecule has 0 rings (SSSR count). The first-order valence-electron chi connectivity index (χ1n) is 31.9. The lowest BCUT2D eigenvalue weighted by Crippen LogP contribution is -2.30. The molecule has 0 N–H and O–H groups in total. The van der Waals surface area contributed by atoms with E-state index in [1.165, 1.54) is 180 Å². The van der Waals surface area contributed by atoms with Gasteiger partial charge in [-0.25, -0.2) is 0 Å². The molecule has 0 aliphatic carbocycles. The molecule has 6 nitrogen and oxygen atoms in total. The number of carbonyl (C=O) groups excluding carboxylic acids is 3. The lowest BCUT2D eigenvalue weighted by Gasteiger charge is -2.18. The molecule has 1 unspecified atom stereocenters. The Labute approximate surface area is 459 Å². The quantitative estimate of drug-likeness (QED) is 0.0261. The van der Waals surface area contributed by atoms with Gasteiger partial charge in [-0.05, 0) is 109 Å². The summed E-state index contributed by atoms with van der Waals surface area (Å²) >= 11 is 0. The van der Waals surface area contributed by atoms with Crippen molar-refractivity contribution in [3.05, 3.63) is 72.9 Å². The van der Waals surface area contributed by atoms with E-state index in [1.807, 2.05) is 0 Å². The van der Waals surface area contributed by atoms with Crippen molar-refractivity contribution in [1.82, 2.24) is 0 Å². The summed E-state index contributed by atoms with van der Waals surface area (Å²) in [6.45, 7) is 6.54. The molecule has 0 aromatic rings. The van der Waals surface area contributed by atoms with E-state index in [-0.39, 0.29) is 31.1 Å². The SMILES string of the molecule is CC/C=C\C/C=C\C/C=C\C/C=C\CCCCCCCCC(=O)OC(COC(=O)CCCCCCC/C=C\CCCCCCCCC)COC(=O)CCCCCCCCCCC/C=C\CCCCCCCCCC. The average molecular weight is 1030 g/mol. The van der Waals surface area contributed by atoms with Crippen LogP contribution in [0.1, 0.15) is 323 Å². The Balaban J connectivity index is 4.39. The Morgan fingerprint density at radius 3 is 0.838 bits per heavy atom. The summed E-state index contributed by atoms with van der Waals surface area (Å²) in [5.74, 6) is -0.894. The van der Waals surface area contributed by atoms with Crippen LogP contribution in [-0.2, 0) is 28.6 Å². The summed E-state index contributed by atoms with van der Waals surface area (Å²) in [5, 5.41) is 0. The maximum absolute atomic E-state index is 12.9. The molecule has 0 aliphatic rings. The van der Waals surface area contributed by atoms with Crippen LogP contribution in [0.5, 0.6) is 0 Å². The summed E-state index contributed by atoms with van der Waals surface area (Å²) < 4.78 is 16.9. The van der Waals surface area contributed by atoms with Gasteiger partial charge in [0.25, 0.3) is 0 Å². The van der Waals surface area contributed by atoms with Crippen LogP contribution in [-0.4, -0.2) is 37.2 Å². The van der Waals surface area contributed by atoms with Crippen molar-refractivity contribution < 1.29 is 28.6 Å². The first-order chi connectivity index (χ1) is 36.5. The van der Waals surface area contributed by atoms with Crippen LogP contribution in [0.2, 0.25) is 0 Å². The molecule has 428 valence electrons. The highest BCUT2D eigenvalue weighted by atomic mass is 16.6. The molecule has 0 saturated carbocycles. The number of rotatable bonds is 58. The molecule has 0 saturated heterocycles. The number of ether oxygens (including phenoxy) is 3. The van der Waals surface area contributed by atoms with Crippen molar-refractivity contribution >= 4 is 17.9 Å². The molecule has 0 amide bonds. The van der Waals surface area contributed by atoms with Gasteiger partial charge in [0, 0.05) is 19.3 Å². The average Bonchev–Trinajstić information content (AvgIpc) is 3.40. The van der Waals surface area contributed by atoms with E-state index in [0.29, 0.717) is 19.3 Å². The molecule has 0 bridgehead atoms. The summed E-state index contributed by atoms with van der Waals surface area (Å²) in [4.78, 5) is 38.3. The van der Waals surface area contributed by atoms with Crippen LogP contribution in [0.3, 0.4) is 0 Å². The van der Waals surface area contributed by atoms with Gasteiger partial charge >= 0.3 is 17.9 Å². The Morgan fingerprint density at radius 1 is 0.284 bits per heavy atom. The standard InChI is InChI=1S/C68H120O6/c1-4-7-10-13-16-19-22-25-28-31-33-34-36-37-40-43-46-49-52-55-58-61-67(70)73-64-65(63-72-66(69)60-57-54-51-48-45-42-39-30-27-24-21-18-15-12-9-6-3)74-68(71)62-59-56-53-50-47-44-41-38-35-32-29-26-23-20-17-14-11-8-5-2/h8,11,17,20,26,29-31,33,35,38-39,65H,4-7,9-10,12-16,18-19,21-25,27-28,32,34,36-37,40-64H2,1-3H3/b11-8-,20-17-,29-26-,33-31-,38-35-,39-30-. The monoisotopic (exact) mass is 1030 g/mol. The van der Waals surface area contributed by atoms with Gasteiger partial charge in [0.15, 0.2) is 6.10 Å². The Hall–Kier alpha value is -3.15. The maximum Gasteiger partial charge on any atom is 0.306 e. The molecule has 0 aromatic carbocycles. The fourth-order valence-corrected chi connectivity index (χ4v) is 9.13. The van der Waals surface area contributed by atoms with E-state index in [1.54, 1.807) is 0 Å². The number of hydrogen-bond acceptors (Lipinski definition) is 6. The summed E-state index contributed by atoms with van der Waals surface area (Å²) in [6, 6.07) is 0. The third-order valence-corrected chi connectivity index (χ3v) is 13.9. The fraction of sp³-hybridized carbons (Fsp3) is 0.779. The molecule has 1 atom stereocenters. The molecule has 0 spiro atoms. The highest BCUT2D eigenvalue weighted by molar-refractivity contribution is 5.71. The van der Waals surface area contributed by atoms with Crippen LogP contribution in [0.25, 0.3) is 0 Å². The second kappa shape index (κ2) is 62.4. The topological polar surface area (TPSA) is 78.9 Å². The highest BCUT2D eigenvalue weighted by Crippen LogP contribution is 2.16. The second-order valence-corrected chi connectivity index (χ2v) is 21.3. The number of unbranched alkanes of at least 4 members (excludes halogenated alkanes) is 35. The summed E-state index contributed by atoms with van der Waals surface area (Å²) in [6.07, 6.45) is 80.4. The lowest BCUT2D eigenvalue weighted by molar-refractivity contribution is -0.167. The Morgan fingerprint density at radius 2 is 0.527 bits per heavy atom. The van der Waals surface area contributed by atoms with Crippen LogP contribution in [0, 0.1) is 0 Å². The third-order valence-electron chi connectivity index (χ3n) is 13.9. The highest BCUT2D eigenvalue weighted by Gasteiger charge is 2.19. The predicted octanol–water partition coefficient (Wildman–Crippen LogP) is 21.7. The minimum Gasteiger partial charge on any atom is -0.462 e. The van der Waals surface area contributed by atoms with Crippen molar-refractivity contribution in [1.29, 1.82) is 0 Å². The molecular formula is C68H120O6. The predicted molar refractivity (Wildman–Crippen MR) is 321 cm³/mol. The van der Waals surface area contributed by atoms with E-state index < -0.39 is 6.10 Å². The molecule has 0 heterocycles. The maximum atomic E-state index is 12.9. The van der Waals surface area contributed by atoms with E-state index in [9.17, 15) is 14.4 Å². The minimum atomic E-state index is -0.789. The number of allylic oxidation sites excluding steroid dienone is 12. The molecule has 0 fully saturated rings. The van der Waals surface area contributed by atoms with E-state index in [2.05, 4.69) is 93.7 Å². The second-order valence-electron chi connectivity index (χ2n) is 21.3. The van der Waals surface area contributed by atoms with Crippen LogP contribution < -0.4 is 0 Å². The van der Waals surface area contributed by atoms with Gasteiger partial charge in [-0.1, -0.05) is 267 Å². The van der Waals surface area contributed by atoms with Crippen molar-refractivity contribution in [2.45, 2.75) is 329 Å². The van der Waals surface area contributed by atoms with Crippen molar-refractivity contribution in [2.24, 2.45) is 0 Å². The smallest absolute Gasteiger partial charge is 0.306 e. The third kappa shape index (κ3) is 59.7. The van der Waals surface area contributed by atoms with Crippen molar-refractivity contribution in [2.75, 3.05) is 13.2 Å². The zero-order valence-electron chi connectivity index (χ0n) is 49.1. The number of hydrogen-bond donors (Lipinski definition) is 0. The Kier molecular flexibility index (Phi) is 59.7. The van der Waals surface area contributed by atoms with E-state index in [0.717, 1.165) is 103 Å². The normalized spacial score (nSPS) is 12.5. The fourth-order valence-electron chi connectivity index (χ4n) is 9.13. The van der Waals surface area contributed by atoms with Crippen LogP contribution in [0.4, 0.5) is 0 Å². The van der Waals surface area contributed by atoms with Gasteiger partial charge in [-0.15, -0.1) is 0 Å². The van der Waals surface area contributed by atoms with Gasteiger partial charge in [-0.2, -0.15) is 0 Å². The lowest BCUT2D eigenvalue weighted by atomic mass is 10.1. The van der Waals surface area contributed by atoms with Crippen molar-refractivity contribution in [3.8, 4) is 0 Å². The van der Waals surface area contributed by atoms with Gasteiger partial charge in [0.2, 0.25) is 0 Å². The number of esters is 3. The van der Waals surface area contributed by atoms with Gasteiger partial charge in [0.1, 0.15) is 13.2 Å².